The van der Waals surface area contributed by atoms with Crippen molar-refractivity contribution in [2.24, 2.45) is 0 Å². The Labute approximate surface area is 118 Å². The Bertz CT molecular complexity index is 725. The van der Waals surface area contributed by atoms with Crippen LogP contribution in [0, 0.1) is 17.1 Å². The number of carboxylic acids is 1. The second-order valence-corrected chi connectivity index (χ2v) is 4.24. The number of benzene rings is 2. The van der Waals surface area contributed by atoms with Gasteiger partial charge >= 0.3 is 5.97 Å². The van der Waals surface area contributed by atoms with Crippen molar-refractivity contribution >= 4 is 17.6 Å². The minimum Gasteiger partial charge on any atom is -0.478 e. The number of carboxylic acid groups (broad SMARTS) is 1. The molecule has 2 aromatic carbocycles. The summed E-state index contributed by atoms with van der Waals surface area (Å²) >= 11 is 5.79. The lowest BCUT2D eigenvalue weighted by atomic mass is 10.2. The highest BCUT2D eigenvalue weighted by atomic mass is 35.5. The van der Waals surface area contributed by atoms with Gasteiger partial charge in [0, 0.05) is 11.1 Å². The maximum absolute atomic E-state index is 13.0. The Morgan fingerprint density at radius 2 is 2.00 bits per heavy atom. The summed E-state index contributed by atoms with van der Waals surface area (Å²) in [6, 6.07) is 9.15. The number of aromatic carboxylic acids is 1. The van der Waals surface area contributed by atoms with E-state index in [1.54, 1.807) is 6.07 Å². The van der Waals surface area contributed by atoms with Gasteiger partial charge in [0.2, 0.25) is 0 Å². The first kappa shape index (κ1) is 13.8. The summed E-state index contributed by atoms with van der Waals surface area (Å²) in [5, 5.41) is 18.3. The molecule has 0 atom stereocenters. The molecule has 0 saturated carbocycles. The maximum Gasteiger partial charge on any atom is 0.339 e. The monoisotopic (exact) mass is 291 g/mol. The van der Waals surface area contributed by atoms with E-state index in [0.29, 0.717) is 0 Å². The van der Waals surface area contributed by atoms with Gasteiger partial charge in [0.15, 0.2) is 0 Å². The van der Waals surface area contributed by atoms with Gasteiger partial charge in [-0.3, -0.25) is 0 Å². The second kappa shape index (κ2) is 5.59. The third-order valence-electron chi connectivity index (χ3n) is 2.46. The number of hydrogen-bond donors (Lipinski definition) is 1. The zero-order valence-electron chi connectivity index (χ0n) is 9.93. The standard InChI is InChI=1S/C14H7ClFNO3/c15-9-1-3-11(14(18)19)13(6-9)20-12-4-2-10(16)5-8(12)7-17/h1-6H,(H,18,19). The SMILES string of the molecule is N#Cc1cc(F)ccc1Oc1cc(Cl)ccc1C(=O)O. The Hall–Kier alpha value is -2.58. The molecule has 0 aromatic heterocycles. The highest BCUT2D eigenvalue weighted by Crippen LogP contribution is 2.30. The fourth-order valence-electron chi connectivity index (χ4n) is 1.55. The summed E-state index contributed by atoms with van der Waals surface area (Å²) < 4.78 is 18.4. The van der Waals surface area contributed by atoms with Gasteiger partial charge in [0.05, 0.1) is 5.56 Å². The van der Waals surface area contributed by atoms with Crippen molar-refractivity contribution in [3.8, 4) is 17.6 Å². The van der Waals surface area contributed by atoms with Gasteiger partial charge in [-0.25, -0.2) is 9.18 Å². The molecule has 2 rings (SSSR count). The van der Waals surface area contributed by atoms with Gasteiger partial charge in [0.25, 0.3) is 0 Å². The summed E-state index contributed by atoms with van der Waals surface area (Å²) in [6.45, 7) is 0. The zero-order valence-corrected chi connectivity index (χ0v) is 10.7. The van der Waals surface area contributed by atoms with Crippen molar-refractivity contribution in [2.75, 3.05) is 0 Å². The number of halogens is 2. The molecule has 2 aromatic rings. The van der Waals surface area contributed by atoms with Crippen LogP contribution >= 0.6 is 11.6 Å². The first-order valence-corrected chi connectivity index (χ1v) is 5.79. The Balaban J connectivity index is 2.47. The molecule has 20 heavy (non-hydrogen) atoms. The molecule has 0 heterocycles. The summed E-state index contributed by atoms with van der Waals surface area (Å²) in [5.41, 5.74) is -0.149. The number of nitrogens with zero attached hydrogens (tertiary/aromatic N) is 1. The Morgan fingerprint density at radius 1 is 1.25 bits per heavy atom. The normalized spacial score (nSPS) is 9.85. The van der Waals surface area contributed by atoms with Crippen LogP contribution in [0.4, 0.5) is 4.39 Å². The van der Waals surface area contributed by atoms with Crippen LogP contribution in [0.15, 0.2) is 36.4 Å². The van der Waals surface area contributed by atoms with E-state index in [0.717, 1.165) is 12.1 Å². The smallest absolute Gasteiger partial charge is 0.339 e. The molecule has 0 spiro atoms. The highest BCUT2D eigenvalue weighted by Gasteiger charge is 2.14. The largest absolute Gasteiger partial charge is 0.478 e. The number of ether oxygens (including phenoxy) is 1. The number of carbonyl (C=O) groups is 1. The number of rotatable bonds is 3. The first-order chi connectivity index (χ1) is 9.51. The molecule has 4 nitrogen and oxygen atoms in total. The van der Waals surface area contributed by atoms with Crippen LogP contribution < -0.4 is 4.74 Å². The molecular weight excluding hydrogens is 285 g/mol. The predicted molar refractivity (Wildman–Crippen MR) is 69.6 cm³/mol. The average Bonchev–Trinajstić information content (AvgIpc) is 2.40. The lowest BCUT2D eigenvalue weighted by molar-refractivity contribution is 0.0694. The fourth-order valence-corrected chi connectivity index (χ4v) is 1.72. The van der Waals surface area contributed by atoms with Gasteiger partial charge in [-0.2, -0.15) is 5.26 Å². The molecule has 0 aliphatic heterocycles. The van der Waals surface area contributed by atoms with Crippen molar-refractivity contribution in [2.45, 2.75) is 0 Å². The Morgan fingerprint density at radius 3 is 2.65 bits per heavy atom. The molecule has 0 amide bonds. The van der Waals surface area contributed by atoms with Crippen LogP contribution in [-0.4, -0.2) is 11.1 Å². The van der Waals surface area contributed by atoms with Crippen LogP contribution in [-0.2, 0) is 0 Å². The van der Waals surface area contributed by atoms with E-state index < -0.39 is 11.8 Å². The fraction of sp³-hybridized carbons (Fsp3) is 0. The van der Waals surface area contributed by atoms with E-state index in [-0.39, 0.29) is 27.6 Å². The van der Waals surface area contributed by atoms with Crippen LogP contribution in [0.2, 0.25) is 5.02 Å². The molecule has 0 aliphatic rings. The van der Waals surface area contributed by atoms with Gasteiger partial charge < -0.3 is 9.84 Å². The molecule has 0 aliphatic carbocycles. The van der Waals surface area contributed by atoms with Crippen molar-refractivity contribution in [3.05, 3.63) is 58.4 Å². The average molecular weight is 292 g/mol. The third-order valence-corrected chi connectivity index (χ3v) is 2.69. The molecular formula is C14H7ClFNO3. The van der Waals surface area contributed by atoms with E-state index in [1.165, 1.54) is 24.3 Å². The molecule has 1 N–H and O–H groups in total. The first-order valence-electron chi connectivity index (χ1n) is 5.41. The van der Waals surface area contributed by atoms with Gasteiger partial charge in [-0.1, -0.05) is 11.6 Å². The van der Waals surface area contributed by atoms with Crippen molar-refractivity contribution in [1.82, 2.24) is 0 Å². The molecule has 0 fully saturated rings. The summed E-state index contributed by atoms with van der Waals surface area (Å²) in [5.74, 6) is -1.75. The lowest BCUT2D eigenvalue weighted by Gasteiger charge is -2.10. The van der Waals surface area contributed by atoms with E-state index in [9.17, 15) is 9.18 Å². The van der Waals surface area contributed by atoms with Crippen LogP contribution in [0.5, 0.6) is 11.5 Å². The number of nitriles is 1. The van der Waals surface area contributed by atoms with Gasteiger partial charge in [-0.05, 0) is 30.3 Å². The van der Waals surface area contributed by atoms with Crippen molar-refractivity contribution in [1.29, 1.82) is 5.26 Å². The molecule has 0 saturated heterocycles. The topological polar surface area (TPSA) is 70.3 Å². The van der Waals surface area contributed by atoms with E-state index >= 15 is 0 Å². The zero-order chi connectivity index (χ0) is 14.7. The summed E-state index contributed by atoms with van der Waals surface area (Å²) in [4.78, 5) is 11.1. The molecule has 0 bridgehead atoms. The molecule has 0 radical (unpaired) electrons. The van der Waals surface area contributed by atoms with Gasteiger partial charge in [0.1, 0.15) is 28.9 Å². The molecule has 6 heteroatoms. The maximum atomic E-state index is 13.0. The summed E-state index contributed by atoms with van der Waals surface area (Å²) in [7, 11) is 0. The highest BCUT2D eigenvalue weighted by molar-refractivity contribution is 6.30. The Kier molecular flexibility index (Phi) is 3.87. The van der Waals surface area contributed by atoms with Crippen LogP contribution in [0.1, 0.15) is 15.9 Å². The van der Waals surface area contributed by atoms with Gasteiger partial charge in [-0.15, -0.1) is 0 Å². The minimum atomic E-state index is -1.20. The molecule has 0 unspecified atom stereocenters. The third kappa shape index (κ3) is 2.87. The van der Waals surface area contributed by atoms with E-state index in [2.05, 4.69) is 0 Å². The van der Waals surface area contributed by atoms with E-state index in [4.69, 9.17) is 26.7 Å². The van der Waals surface area contributed by atoms with Crippen molar-refractivity contribution < 1.29 is 19.0 Å². The lowest BCUT2D eigenvalue weighted by Crippen LogP contribution is -2.00. The number of hydrogen-bond acceptors (Lipinski definition) is 3. The quantitative estimate of drug-likeness (QED) is 0.932. The second-order valence-electron chi connectivity index (χ2n) is 3.80. The summed E-state index contributed by atoms with van der Waals surface area (Å²) in [6.07, 6.45) is 0. The minimum absolute atomic E-state index is 0.0203. The van der Waals surface area contributed by atoms with Crippen molar-refractivity contribution in [3.63, 3.8) is 0 Å². The van der Waals surface area contributed by atoms with E-state index in [1.807, 2.05) is 0 Å². The molecule has 100 valence electrons. The van der Waals surface area contributed by atoms with Crippen LogP contribution in [0.3, 0.4) is 0 Å². The predicted octanol–water partition coefficient (Wildman–Crippen LogP) is 3.84. The van der Waals surface area contributed by atoms with Crippen LogP contribution in [0.25, 0.3) is 0 Å².